The number of amides is 2. The summed E-state index contributed by atoms with van der Waals surface area (Å²) in [7, 11) is 1.68. The van der Waals surface area contributed by atoms with Crippen LogP contribution in [0.3, 0.4) is 0 Å². The minimum absolute atomic E-state index is 0.0876. The average Bonchev–Trinajstić information content (AvgIpc) is 3.12. The maximum absolute atomic E-state index is 12.9. The predicted octanol–water partition coefficient (Wildman–Crippen LogP) is 4.21. The van der Waals surface area contributed by atoms with Gasteiger partial charge in [0.15, 0.2) is 0 Å². The van der Waals surface area contributed by atoms with Crippen LogP contribution in [0.2, 0.25) is 0 Å². The highest BCUT2D eigenvalue weighted by Gasteiger charge is 2.38. The van der Waals surface area contributed by atoms with Crippen molar-refractivity contribution in [2.45, 2.75) is 32.0 Å². The van der Waals surface area contributed by atoms with Crippen molar-refractivity contribution in [3.05, 3.63) is 83.6 Å². The fraction of sp³-hybridized carbons (Fsp3) is 0.231. The van der Waals surface area contributed by atoms with Gasteiger partial charge in [-0.05, 0) is 59.5 Å². The molecule has 5 rings (SSSR count). The summed E-state index contributed by atoms with van der Waals surface area (Å²) in [4.78, 5) is 27.0. The standard InChI is InChI=1S/C26H25N3O3/c1-16-7-10-23(25(30)28-16)29-15-20-12-21(8-9-22(20)26(29)31)27-14-19-11-17-5-3-4-6-18(17)13-24(19)32-2/h3-6,8-9,11-13,23,27H,1,7,10,14-15H2,2H3,(H,28,30). The van der Waals surface area contributed by atoms with Crippen molar-refractivity contribution in [1.29, 1.82) is 0 Å². The van der Waals surface area contributed by atoms with Crippen LogP contribution in [0.25, 0.3) is 10.8 Å². The van der Waals surface area contributed by atoms with E-state index < -0.39 is 6.04 Å². The molecule has 1 fully saturated rings. The van der Waals surface area contributed by atoms with E-state index in [1.54, 1.807) is 12.0 Å². The van der Waals surface area contributed by atoms with Gasteiger partial charge < -0.3 is 20.3 Å². The Morgan fingerprint density at radius 3 is 2.66 bits per heavy atom. The van der Waals surface area contributed by atoms with Gasteiger partial charge in [0, 0.05) is 35.6 Å². The topological polar surface area (TPSA) is 70.7 Å². The maximum Gasteiger partial charge on any atom is 0.255 e. The van der Waals surface area contributed by atoms with Crippen molar-refractivity contribution >= 4 is 28.3 Å². The third kappa shape index (κ3) is 3.58. The first kappa shape index (κ1) is 20.1. The molecule has 6 heteroatoms. The lowest BCUT2D eigenvalue weighted by Crippen LogP contribution is -2.49. The molecule has 1 atom stereocenters. The molecule has 6 nitrogen and oxygen atoms in total. The summed E-state index contributed by atoms with van der Waals surface area (Å²) in [6.07, 6.45) is 1.30. The summed E-state index contributed by atoms with van der Waals surface area (Å²) in [5.74, 6) is 0.600. The molecule has 2 amide bonds. The van der Waals surface area contributed by atoms with E-state index in [2.05, 4.69) is 41.5 Å². The Bertz CT molecular complexity index is 1250. The first-order valence-electron chi connectivity index (χ1n) is 10.8. The highest BCUT2D eigenvalue weighted by molar-refractivity contribution is 6.01. The molecular weight excluding hydrogens is 402 g/mol. The van der Waals surface area contributed by atoms with Crippen LogP contribution in [0.15, 0.2) is 66.9 Å². The molecule has 3 aromatic rings. The Balaban J connectivity index is 1.33. The largest absolute Gasteiger partial charge is 0.496 e. The Labute approximate surface area is 186 Å². The van der Waals surface area contributed by atoms with Gasteiger partial charge in [-0.2, -0.15) is 0 Å². The molecule has 2 aliphatic heterocycles. The Morgan fingerprint density at radius 1 is 1.12 bits per heavy atom. The second-order valence-corrected chi connectivity index (χ2v) is 8.32. The SMILES string of the molecule is C=C1CCC(N2Cc3cc(NCc4cc5ccccc5cc4OC)ccc3C2=O)C(=O)N1. The van der Waals surface area contributed by atoms with Crippen molar-refractivity contribution in [3.63, 3.8) is 0 Å². The number of hydrogen-bond donors (Lipinski definition) is 2. The van der Waals surface area contributed by atoms with Crippen molar-refractivity contribution < 1.29 is 14.3 Å². The van der Waals surface area contributed by atoms with Crippen LogP contribution >= 0.6 is 0 Å². The van der Waals surface area contributed by atoms with Crippen LogP contribution in [0.4, 0.5) is 5.69 Å². The highest BCUT2D eigenvalue weighted by Crippen LogP contribution is 2.31. The van der Waals surface area contributed by atoms with Gasteiger partial charge in [0.1, 0.15) is 11.8 Å². The highest BCUT2D eigenvalue weighted by atomic mass is 16.5. The van der Waals surface area contributed by atoms with E-state index in [-0.39, 0.29) is 11.8 Å². The number of piperidine rings is 1. The Morgan fingerprint density at radius 2 is 1.91 bits per heavy atom. The molecule has 0 aromatic heterocycles. The van der Waals surface area contributed by atoms with Gasteiger partial charge in [-0.25, -0.2) is 0 Å². The summed E-state index contributed by atoms with van der Waals surface area (Å²) in [6, 6.07) is 17.7. The van der Waals surface area contributed by atoms with Crippen LogP contribution in [0.5, 0.6) is 5.75 Å². The first-order chi connectivity index (χ1) is 15.5. The van der Waals surface area contributed by atoms with Crippen molar-refractivity contribution in [1.82, 2.24) is 10.2 Å². The molecule has 3 aromatic carbocycles. The van der Waals surface area contributed by atoms with Crippen LogP contribution in [0, 0.1) is 0 Å². The van der Waals surface area contributed by atoms with E-state index in [9.17, 15) is 9.59 Å². The van der Waals surface area contributed by atoms with Crippen molar-refractivity contribution in [3.8, 4) is 5.75 Å². The van der Waals surface area contributed by atoms with Crippen molar-refractivity contribution in [2.24, 2.45) is 0 Å². The number of nitrogens with zero attached hydrogens (tertiary/aromatic N) is 1. The fourth-order valence-corrected chi connectivity index (χ4v) is 4.56. The smallest absolute Gasteiger partial charge is 0.255 e. The Hall–Kier alpha value is -3.80. The number of ether oxygens (including phenoxy) is 1. The zero-order valence-electron chi connectivity index (χ0n) is 18.0. The third-order valence-corrected chi connectivity index (χ3v) is 6.27. The molecule has 2 aliphatic rings. The lowest BCUT2D eigenvalue weighted by atomic mass is 10.0. The number of fused-ring (bicyclic) bond motifs is 2. The van der Waals surface area contributed by atoms with Gasteiger partial charge in [-0.1, -0.05) is 30.8 Å². The van der Waals surface area contributed by atoms with Gasteiger partial charge in [0.25, 0.3) is 5.91 Å². The second-order valence-electron chi connectivity index (χ2n) is 8.32. The lowest BCUT2D eigenvalue weighted by molar-refractivity contribution is -0.126. The molecule has 0 spiro atoms. The number of carbonyl (C=O) groups excluding carboxylic acids is 2. The molecule has 0 bridgehead atoms. The number of carbonyl (C=O) groups is 2. The van der Waals surface area contributed by atoms with Crippen LogP contribution in [-0.4, -0.2) is 29.9 Å². The van der Waals surface area contributed by atoms with Crippen molar-refractivity contribution in [2.75, 3.05) is 12.4 Å². The minimum Gasteiger partial charge on any atom is -0.496 e. The van der Waals surface area contributed by atoms with Gasteiger partial charge in [-0.3, -0.25) is 9.59 Å². The van der Waals surface area contributed by atoms with Gasteiger partial charge >= 0.3 is 0 Å². The summed E-state index contributed by atoms with van der Waals surface area (Å²) in [5.41, 5.74) is 4.29. The summed E-state index contributed by atoms with van der Waals surface area (Å²) in [5, 5.41) is 8.53. The number of allylic oxidation sites excluding steroid dienone is 1. The van der Waals surface area contributed by atoms with E-state index >= 15 is 0 Å². The number of benzene rings is 3. The van der Waals surface area contributed by atoms with Crippen LogP contribution in [-0.2, 0) is 17.9 Å². The molecule has 2 N–H and O–H groups in total. The molecule has 0 radical (unpaired) electrons. The fourth-order valence-electron chi connectivity index (χ4n) is 4.56. The molecule has 1 saturated heterocycles. The molecule has 162 valence electrons. The summed E-state index contributed by atoms with van der Waals surface area (Å²) in [6.45, 7) is 4.85. The average molecular weight is 428 g/mol. The van der Waals surface area contributed by atoms with Crippen LogP contribution in [0.1, 0.15) is 34.3 Å². The lowest BCUT2D eigenvalue weighted by Gasteiger charge is -2.30. The maximum atomic E-state index is 12.9. The predicted molar refractivity (Wildman–Crippen MR) is 124 cm³/mol. The summed E-state index contributed by atoms with van der Waals surface area (Å²) < 4.78 is 5.59. The number of nitrogens with one attached hydrogen (secondary N) is 2. The third-order valence-electron chi connectivity index (χ3n) is 6.27. The Kier molecular flexibility index (Phi) is 5.05. The molecule has 1 unspecified atom stereocenters. The van der Waals surface area contributed by atoms with Gasteiger partial charge in [0.2, 0.25) is 5.91 Å². The zero-order valence-corrected chi connectivity index (χ0v) is 18.0. The quantitative estimate of drug-likeness (QED) is 0.640. The second kappa shape index (κ2) is 8.04. The van der Waals surface area contributed by atoms with E-state index in [1.165, 1.54) is 0 Å². The molecular formula is C26H25N3O3. The van der Waals surface area contributed by atoms with Crippen LogP contribution < -0.4 is 15.4 Å². The molecule has 0 saturated carbocycles. The van der Waals surface area contributed by atoms with E-state index in [4.69, 9.17) is 4.74 Å². The molecule has 32 heavy (non-hydrogen) atoms. The molecule has 0 aliphatic carbocycles. The number of methoxy groups -OCH3 is 1. The summed E-state index contributed by atoms with van der Waals surface area (Å²) >= 11 is 0. The monoisotopic (exact) mass is 427 g/mol. The zero-order chi connectivity index (χ0) is 22.2. The van der Waals surface area contributed by atoms with E-state index in [0.29, 0.717) is 37.2 Å². The minimum atomic E-state index is -0.446. The number of hydrogen-bond acceptors (Lipinski definition) is 4. The van der Waals surface area contributed by atoms with E-state index in [1.807, 2.05) is 30.3 Å². The van der Waals surface area contributed by atoms with E-state index in [0.717, 1.165) is 33.3 Å². The number of anilines is 1. The first-order valence-corrected chi connectivity index (χ1v) is 10.8. The molecule has 2 heterocycles. The van der Waals surface area contributed by atoms with Gasteiger partial charge in [0.05, 0.1) is 7.11 Å². The number of rotatable bonds is 5. The normalized spacial score (nSPS) is 18.0. The van der Waals surface area contributed by atoms with Gasteiger partial charge in [-0.15, -0.1) is 0 Å².